The third-order valence-electron chi connectivity index (χ3n) is 3.51. The first kappa shape index (κ1) is 14.9. The van der Waals surface area contributed by atoms with Crippen LogP contribution < -0.4 is 5.32 Å². The second-order valence-corrected chi connectivity index (χ2v) is 5.11. The largest absolute Gasteiger partial charge is 0.363 e. The van der Waals surface area contributed by atoms with Gasteiger partial charge >= 0.3 is 0 Å². The van der Waals surface area contributed by atoms with Gasteiger partial charge in [-0.15, -0.1) is 12.4 Å². The second-order valence-electron chi connectivity index (χ2n) is 4.67. The minimum atomic E-state index is 0. The average Bonchev–Trinajstić information content (AvgIpc) is 2.47. The van der Waals surface area contributed by atoms with Crippen LogP contribution >= 0.6 is 24.0 Å². The standard InChI is InChI=1S/C16H15ClN2.ClH/c1-18-15-10-12-4-2-3-5-14(12)16(19-15)11-6-8-13(17)9-7-11;/h2-9,16H,10H2,1H3,(H,18,19);1H. The molecular formula is C16H16Cl2N2. The first-order chi connectivity index (χ1) is 9.28. The zero-order valence-corrected chi connectivity index (χ0v) is 12.7. The van der Waals surface area contributed by atoms with Gasteiger partial charge in [0.15, 0.2) is 0 Å². The van der Waals surface area contributed by atoms with Crippen molar-refractivity contribution < 1.29 is 0 Å². The number of hydrogen-bond acceptors (Lipinski definition) is 1. The van der Waals surface area contributed by atoms with E-state index in [1.165, 1.54) is 16.7 Å². The smallest absolute Gasteiger partial charge is 0.101 e. The highest BCUT2D eigenvalue weighted by atomic mass is 35.5. The Balaban J connectivity index is 0.00000147. The van der Waals surface area contributed by atoms with Gasteiger partial charge in [0.25, 0.3) is 0 Å². The van der Waals surface area contributed by atoms with Crippen molar-refractivity contribution >= 4 is 29.8 Å². The Labute approximate surface area is 130 Å². The lowest BCUT2D eigenvalue weighted by molar-refractivity contribution is 0.719. The summed E-state index contributed by atoms with van der Waals surface area (Å²) in [7, 11) is 1.83. The van der Waals surface area contributed by atoms with E-state index >= 15 is 0 Å². The molecule has 1 atom stereocenters. The molecule has 104 valence electrons. The molecule has 0 spiro atoms. The number of nitrogens with zero attached hydrogens (tertiary/aromatic N) is 1. The first-order valence-corrected chi connectivity index (χ1v) is 6.71. The molecule has 0 aliphatic carbocycles. The number of nitrogens with one attached hydrogen (secondary N) is 1. The van der Waals surface area contributed by atoms with Crippen molar-refractivity contribution in [2.24, 2.45) is 4.99 Å². The third kappa shape index (κ3) is 2.82. The molecule has 3 rings (SSSR count). The number of halogens is 2. The van der Waals surface area contributed by atoms with E-state index in [1.807, 2.05) is 19.2 Å². The van der Waals surface area contributed by atoms with Crippen LogP contribution in [0.3, 0.4) is 0 Å². The SMILES string of the molecule is CN=C1Cc2ccccc2C(c2ccc(Cl)cc2)N1.Cl. The van der Waals surface area contributed by atoms with Gasteiger partial charge in [0.2, 0.25) is 0 Å². The van der Waals surface area contributed by atoms with Crippen molar-refractivity contribution in [1.82, 2.24) is 5.32 Å². The van der Waals surface area contributed by atoms with Crippen LogP contribution in [0.5, 0.6) is 0 Å². The number of rotatable bonds is 1. The highest BCUT2D eigenvalue weighted by Gasteiger charge is 2.23. The fraction of sp³-hybridized carbons (Fsp3) is 0.188. The molecule has 0 saturated carbocycles. The van der Waals surface area contributed by atoms with Crippen molar-refractivity contribution in [3.05, 3.63) is 70.2 Å². The Morgan fingerprint density at radius 3 is 2.50 bits per heavy atom. The summed E-state index contributed by atoms with van der Waals surface area (Å²) in [6.45, 7) is 0. The van der Waals surface area contributed by atoms with Crippen LogP contribution in [0.4, 0.5) is 0 Å². The zero-order chi connectivity index (χ0) is 13.2. The van der Waals surface area contributed by atoms with Gasteiger partial charge in [0.05, 0.1) is 6.04 Å². The number of aliphatic imine (C=N–C) groups is 1. The Morgan fingerprint density at radius 2 is 1.80 bits per heavy atom. The van der Waals surface area contributed by atoms with Crippen molar-refractivity contribution in [2.45, 2.75) is 12.5 Å². The van der Waals surface area contributed by atoms with Crippen molar-refractivity contribution in [3.63, 3.8) is 0 Å². The summed E-state index contributed by atoms with van der Waals surface area (Å²) in [5.41, 5.74) is 3.86. The van der Waals surface area contributed by atoms with E-state index in [1.54, 1.807) is 0 Å². The summed E-state index contributed by atoms with van der Waals surface area (Å²) in [5, 5.41) is 4.26. The number of fused-ring (bicyclic) bond motifs is 1. The molecule has 0 amide bonds. The maximum absolute atomic E-state index is 5.96. The van der Waals surface area contributed by atoms with Crippen LogP contribution in [-0.2, 0) is 6.42 Å². The molecule has 1 aliphatic heterocycles. The summed E-state index contributed by atoms with van der Waals surface area (Å²) in [5.74, 6) is 1.03. The quantitative estimate of drug-likeness (QED) is 0.845. The highest BCUT2D eigenvalue weighted by Crippen LogP contribution is 2.29. The van der Waals surface area contributed by atoms with Gasteiger partial charge in [-0.2, -0.15) is 0 Å². The average molecular weight is 307 g/mol. The Bertz CT molecular complexity index is 621. The molecule has 1 unspecified atom stereocenters. The van der Waals surface area contributed by atoms with Crippen LogP contribution in [0.1, 0.15) is 22.7 Å². The molecule has 20 heavy (non-hydrogen) atoms. The molecule has 2 aromatic rings. The lowest BCUT2D eigenvalue weighted by Gasteiger charge is -2.29. The zero-order valence-electron chi connectivity index (χ0n) is 11.1. The lowest BCUT2D eigenvalue weighted by atomic mass is 9.89. The van der Waals surface area contributed by atoms with Crippen molar-refractivity contribution in [1.29, 1.82) is 0 Å². The molecule has 0 aromatic heterocycles. The summed E-state index contributed by atoms with van der Waals surface area (Å²) >= 11 is 5.96. The van der Waals surface area contributed by atoms with E-state index in [0.717, 1.165) is 17.3 Å². The first-order valence-electron chi connectivity index (χ1n) is 6.33. The minimum absolute atomic E-state index is 0. The summed E-state index contributed by atoms with van der Waals surface area (Å²) in [6.07, 6.45) is 0.872. The van der Waals surface area contributed by atoms with Gasteiger partial charge in [-0.3, -0.25) is 4.99 Å². The molecule has 2 nitrogen and oxygen atoms in total. The van der Waals surface area contributed by atoms with Gasteiger partial charge in [0.1, 0.15) is 5.84 Å². The van der Waals surface area contributed by atoms with Crippen LogP contribution in [0.2, 0.25) is 5.02 Å². The number of amidine groups is 1. The fourth-order valence-corrected chi connectivity index (χ4v) is 2.64. The number of benzene rings is 2. The second kappa shape index (κ2) is 6.29. The van der Waals surface area contributed by atoms with Gasteiger partial charge in [-0.05, 0) is 28.8 Å². The summed E-state index contributed by atoms with van der Waals surface area (Å²) < 4.78 is 0. The number of hydrogen-bond donors (Lipinski definition) is 1. The maximum Gasteiger partial charge on any atom is 0.101 e. The topological polar surface area (TPSA) is 24.4 Å². The minimum Gasteiger partial charge on any atom is -0.363 e. The maximum atomic E-state index is 5.96. The molecule has 1 aliphatic rings. The molecule has 2 aromatic carbocycles. The van der Waals surface area contributed by atoms with Gasteiger partial charge < -0.3 is 5.32 Å². The van der Waals surface area contributed by atoms with E-state index in [9.17, 15) is 0 Å². The van der Waals surface area contributed by atoms with Gasteiger partial charge in [-0.25, -0.2) is 0 Å². The van der Waals surface area contributed by atoms with E-state index in [4.69, 9.17) is 11.6 Å². The highest BCUT2D eigenvalue weighted by molar-refractivity contribution is 6.30. The van der Waals surface area contributed by atoms with Crippen molar-refractivity contribution in [3.8, 4) is 0 Å². The van der Waals surface area contributed by atoms with Crippen LogP contribution in [0.25, 0.3) is 0 Å². The summed E-state index contributed by atoms with van der Waals surface area (Å²) in [6, 6.07) is 16.6. The predicted octanol–water partition coefficient (Wildman–Crippen LogP) is 4.03. The molecule has 0 radical (unpaired) electrons. The Hall–Kier alpha value is -1.51. The van der Waals surface area contributed by atoms with Crippen LogP contribution in [-0.4, -0.2) is 12.9 Å². The predicted molar refractivity (Wildman–Crippen MR) is 87.2 cm³/mol. The molecule has 1 heterocycles. The fourth-order valence-electron chi connectivity index (χ4n) is 2.51. The monoisotopic (exact) mass is 306 g/mol. The third-order valence-corrected chi connectivity index (χ3v) is 3.76. The van der Waals surface area contributed by atoms with Crippen LogP contribution in [0.15, 0.2) is 53.5 Å². The van der Waals surface area contributed by atoms with E-state index in [-0.39, 0.29) is 18.4 Å². The van der Waals surface area contributed by atoms with E-state index in [2.05, 4.69) is 46.7 Å². The lowest BCUT2D eigenvalue weighted by Crippen LogP contribution is -2.36. The molecule has 0 fully saturated rings. The van der Waals surface area contributed by atoms with E-state index in [0.29, 0.717) is 0 Å². The Kier molecular flexibility index (Phi) is 4.69. The van der Waals surface area contributed by atoms with Gasteiger partial charge in [0, 0.05) is 18.5 Å². The molecule has 1 N–H and O–H groups in total. The molecule has 4 heteroatoms. The molecule has 0 saturated heterocycles. The van der Waals surface area contributed by atoms with Crippen LogP contribution in [0, 0.1) is 0 Å². The normalized spacial score (nSPS) is 18.9. The molecular weight excluding hydrogens is 291 g/mol. The summed E-state index contributed by atoms with van der Waals surface area (Å²) in [4.78, 5) is 4.32. The van der Waals surface area contributed by atoms with Crippen molar-refractivity contribution in [2.75, 3.05) is 7.05 Å². The molecule has 0 bridgehead atoms. The van der Waals surface area contributed by atoms with E-state index < -0.39 is 0 Å². The Morgan fingerprint density at radius 1 is 1.10 bits per heavy atom. The van der Waals surface area contributed by atoms with Gasteiger partial charge in [-0.1, -0.05) is 48.0 Å².